The van der Waals surface area contributed by atoms with Gasteiger partial charge in [0, 0.05) is 11.6 Å². The Morgan fingerprint density at radius 3 is 2.42 bits per heavy atom. The Balaban J connectivity index is 3.19. The van der Waals surface area contributed by atoms with Crippen molar-refractivity contribution in [1.82, 2.24) is 0 Å². The number of nitro groups is 1. The number of hydrogen-bond donors (Lipinski definition) is 0. The number of esters is 1. The smallest absolute Gasteiger partial charge is 0.379 e. The summed E-state index contributed by atoms with van der Waals surface area (Å²) in [6, 6.07) is 3.56. The van der Waals surface area contributed by atoms with E-state index in [0.29, 0.717) is 0 Å². The SMILES string of the molecule is COC(=O)C(=O)c1ccc(OC(C)C)c([N+](=O)[O-])c1. The third kappa shape index (κ3) is 3.51. The van der Waals surface area contributed by atoms with Gasteiger partial charge < -0.3 is 9.47 Å². The molecule has 0 fully saturated rings. The van der Waals surface area contributed by atoms with Gasteiger partial charge in [0.05, 0.1) is 18.1 Å². The average Bonchev–Trinajstić information content (AvgIpc) is 2.36. The molecule has 0 N–H and O–H groups in total. The third-order valence-electron chi connectivity index (χ3n) is 2.15. The molecule has 0 saturated heterocycles. The number of ketones is 1. The van der Waals surface area contributed by atoms with Crippen molar-refractivity contribution in [2.24, 2.45) is 0 Å². The van der Waals surface area contributed by atoms with Crippen molar-refractivity contribution < 1.29 is 24.0 Å². The number of carbonyl (C=O) groups excluding carboxylic acids is 2. The van der Waals surface area contributed by atoms with Crippen molar-refractivity contribution in [3.63, 3.8) is 0 Å². The van der Waals surface area contributed by atoms with Crippen molar-refractivity contribution in [2.75, 3.05) is 7.11 Å². The quantitative estimate of drug-likeness (QED) is 0.265. The van der Waals surface area contributed by atoms with Crippen LogP contribution in [-0.2, 0) is 9.53 Å². The Morgan fingerprint density at radius 2 is 1.95 bits per heavy atom. The van der Waals surface area contributed by atoms with Gasteiger partial charge in [-0.15, -0.1) is 0 Å². The Bertz CT molecular complexity index is 523. The summed E-state index contributed by atoms with van der Waals surface area (Å²) in [5.41, 5.74) is -0.488. The minimum atomic E-state index is -1.08. The molecular formula is C12H13NO6. The molecule has 1 aromatic carbocycles. The number of rotatable bonds is 5. The number of methoxy groups -OCH3 is 1. The molecule has 1 aromatic rings. The molecule has 0 unspecified atom stereocenters. The summed E-state index contributed by atoms with van der Waals surface area (Å²) >= 11 is 0. The monoisotopic (exact) mass is 267 g/mol. The standard InChI is InChI=1S/C12H13NO6/c1-7(2)19-10-5-4-8(6-9(10)13(16)17)11(14)12(15)18-3/h4-7H,1-3H3. The lowest BCUT2D eigenvalue weighted by molar-refractivity contribution is -0.386. The van der Waals surface area contributed by atoms with E-state index >= 15 is 0 Å². The number of nitrogens with zero attached hydrogens (tertiary/aromatic N) is 1. The van der Waals surface area contributed by atoms with Crippen molar-refractivity contribution in [1.29, 1.82) is 0 Å². The summed E-state index contributed by atoms with van der Waals surface area (Å²) in [6.45, 7) is 3.44. The summed E-state index contributed by atoms with van der Waals surface area (Å²) in [5.74, 6) is -1.98. The lowest BCUT2D eigenvalue weighted by atomic mass is 10.1. The summed E-state index contributed by atoms with van der Waals surface area (Å²) in [4.78, 5) is 32.9. The highest BCUT2D eigenvalue weighted by Crippen LogP contribution is 2.29. The molecule has 1 rings (SSSR count). The van der Waals surface area contributed by atoms with Crippen LogP contribution < -0.4 is 4.74 Å². The van der Waals surface area contributed by atoms with Gasteiger partial charge in [0.15, 0.2) is 5.75 Å². The second-order valence-corrected chi connectivity index (χ2v) is 3.93. The highest BCUT2D eigenvalue weighted by Gasteiger charge is 2.23. The number of benzene rings is 1. The normalized spacial score (nSPS) is 10.1. The minimum Gasteiger partial charge on any atom is -0.484 e. The van der Waals surface area contributed by atoms with Crippen LogP contribution in [0.25, 0.3) is 0 Å². The Hall–Kier alpha value is -2.44. The van der Waals surface area contributed by atoms with E-state index in [1.54, 1.807) is 13.8 Å². The van der Waals surface area contributed by atoms with E-state index < -0.39 is 16.7 Å². The van der Waals surface area contributed by atoms with Crippen LogP contribution >= 0.6 is 0 Å². The van der Waals surface area contributed by atoms with Crippen LogP contribution in [0, 0.1) is 10.1 Å². The van der Waals surface area contributed by atoms with Gasteiger partial charge in [0.2, 0.25) is 0 Å². The molecule has 0 aliphatic rings. The molecule has 0 saturated carbocycles. The molecular weight excluding hydrogens is 254 g/mol. The summed E-state index contributed by atoms with van der Waals surface area (Å²) in [6.07, 6.45) is -0.249. The molecule has 19 heavy (non-hydrogen) atoms. The molecule has 0 amide bonds. The topological polar surface area (TPSA) is 95.7 Å². The molecule has 7 heteroatoms. The predicted molar refractivity (Wildman–Crippen MR) is 65.2 cm³/mol. The summed E-state index contributed by atoms with van der Waals surface area (Å²) in [5, 5.41) is 10.9. The van der Waals surface area contributed by atoms with Crippen LogP contribution in [0.15, 0.2) is 18.2 Å². The average molecular weight is 267 g/mol. The number of ether oxygens (including phenoxy) is 2. The molecule has 102 valence electrons. The first-order valence-corrected chi connectivity index (χ1v) is 5.44. The Labute approximate surface area is 109 Å². The van der Waals surface area contributed by atoms with Gasteiger partial charge in [-0.05, 0) is 26.0 Å². The molecule has 0 heterocycles. The summed E-state index contributed by atoms with van der Waals surface area (Å²) in [7, 11) is 1.06. The zero-order valence-electron chi connectivity index (χ0n) is 10.7. The maximum absolute atomic E-state index is 11.5. The molecule has 0 aliphatic carbocycles. The summed E-state index contributed by atoms with van der Waals surface area (Å²) < 4.78 is 9.53. The van der Waals surface area contributed by atoms with E-state index in [-0.39, 0.29) is 23.1 Å². The molecule has 0 atom stereocenters. The maximum Gasteiger partial charge on any atom is 0.379 e. The fraction of sp³-hybridized carbons (Fsp3) is 0.333. The number of hydrogen-bond acceptors (Lipinski definition) is 6. The van der Waals surface area contributed by atoms with Crippen LogP contribution in [0.3, 0.4) is 0 Å². The van der Waals surface area contributed by atoms with Gasteiger partial charge in [0.1, 0.15) is 0 Å². The second kappa shape index (κ2) is 5.94. The van der Waals surface area contributed by atoms with E-state index in [0.717, 1.165) is 13.2 Å². The van der Waals surface area contributed by atoms with Crippen molar-refractivity contribution >= 4 is 17.4 Å². The molecule has 0 spiro atoms. The Morgan fingerprint density at radius 1 is 1.32 bits per heavy atom. The van der Waals surface area contributed by atoms with Crippen LogP contribution in [0.2, 0.25) is 0 Å². The second-order valence-electron chi connectivity index (χ2n) is 3.93. The van der Waals surface area contributed by atoms with Crippen molar-refractivity contribution in [3.8, 4) is 5.75 Å². The fourth-order valence-corrected chi connectivity index (χ4v) is 1.37. The number of Topliss-reactive ketones (excluding diaryl/α,β-unsaturated/α-hetero) is 1. The van der Waals surface area contributed by atoms with Crippen LogP contribution in [0.4, 0.5) is 5.69 Å². The van der Waals surface area contributed by atoms with E-state index in [1.165, 1.54) is 12.1 Å². The van der Waals surface area contributed by atoms with Gasteiger partial charge in [-0.25, -0.2) is 4.79 Å². The first kappa shape index (κ1) is 14.6. The molecule has 0 radical (unpaired) electrons. The van der Waals surface area contributed by atoms with Crippen molar-refractivity contribution in [2.45, 2.75) is 20.0 Å². The van der Waals surface area contributed by atoms with Gasteiger partial charge in [-0.3, -0.25) is 14.9 Å². The van der Waals surface area contributed by atoms with Crippen LogP contribution in [0.1, 0.15) is 24.2 Å². The van der Waals surface area contributed by atoms with Gasteiger partial charge in [-0.2, -0.15) is 0 Å². The van der Waals surface area contributed by atoms with E-state index in [1.807, 2.05) is 0 Å². The van der Waals surface area contributed by atoms with Gasteiger partial charge >= 0.3 is 11.7 Å². The van der Waals surface area contributed by atoms with E-state index in [2.05, 4.69) is 4.74 Å². The predicted octanol–water partition coefficient (Wildman–Crippen LogP) is 1.74. The Kier molecular flexibility index (Phi) is 4.57. The first-order chi connectivity index (χ1) is 8.86. The van der Waals surface area contributed by atoms with Gasteiger partial charge in [-0.1, -0.05) is 0 Å². The van der Waals surface area contributed by atoms with Crippen LogP contribution in [-0.4, -0.2) is 29.9 Å². The number of carbonyl (C=O) groups is 2. The molecule has 0 aromatic heterocycles. The van der Waals surface area contributed by atoms with Crippen molar-refractivity contribution in [3.05, 3.63) is 33.9 Å². The fourth-order valence-electron chi connectivity index (χ4n) is 1.37. The molecule has 7 nitrogen and oxygen atoms in total. The van der Waals surface area contributed by atoms with E-state index in [9.17, 15) is 19.7 Å². The first-order valence-electron chi connectivity index (χ1n) is 5.44. The zero-order chi connectivity index (χ0) is 14.6. The highest BCUT2D eigenvalue weighted by atomic mass is 16.6. The third-order valence-corrected chi connectivity index (χ3v) is 2.15. The van der Waals surface area contributed by atoms with Gasteiger partial charge in [0.25, 0.3) is 5.78 Å². The molecule has 0 aliphatic heterocycles. The highest BCUT2D eigenvalue weighted by molar-refractivity contribution is 6.40. The van der Waals surface area contributed by atoms with E-state index in [4.69, 9.17) is 4.74 Å². The zero-order valence-corrected chi connectivity index (χ0v) is 10.7. The lowest BCUT2D eigenvalue weighted by Crippen LogP contribution is -2.16. The lowest BCUT2D eigenvalue weighted by Gasteiger charge is -2.10. The largest absolute Gasteiger partial charge is 0.484 e. The van der Waals surface area contributed by atoms with Crippen LogP contribution in [0.5, 0.6) is 5.75 Å². The number of nitro benzene ring substituents is 1. The molecule has 0 bridgehead atoms. The maximum atomic E-state index is 11.5. The minimum absolute atomic E-state index is 0.0430.